The molecular weight excluding hydrogens is 250 g/mol. The van der Waals surface area contributed by atoms with Crippen molar-refractivity contribution < 1.29 is 9.84 Å². The summed E-state index contributed by atoms with van der Waals surface area (Å²) < 4.78 is 5.62. The summed E-state index contributed by atoms with van der Waals surface area (Å²) in [4.78, 5) is 0. The molecule has 0 aromatic heterocycles. The van der Waals surface area contributed by atoms with E-state index >= 15 is 0 Å². The van der Waals surface area contributed by atoms with Gasteiger partial charge >= 0.3 is 0 Å². The molecule has 0 aliphatic carbocycles. The van der Waals surface area contributed by atoms with E-state index in [-0.39, 0.29) is 6.61 Å². The van der Waals surface area contributed by atoms with Gasteiger partial charge in [0.15, 0.2) is 0 Å². The summed E-state index contributed by atoms with van der Waals surface area (Å²) in [5.41, 5.74) is 3.15. The van der Waals surface area contributed by atoms with E-state index in [1.165, 1.54) is 5.56 Å². The lowest BCUT2D eigenvalue weighted by Crippen LogP contribution is -2.01. The summed E-state index contributed by atoms with van der Waals surface area (Å²) in [5, 5.41) is 12.4. The van der Waals surface area contributed by atoms with Crippen LogP contribution < -0.4 is 10.1 Å². The number of hydrogen-bond acceptors (Lipinski definition) is 3. The minimum Gasteiger partial charge on any atom is -0.494 e. The number of ether oxygens (including phenoxy) is 1. The van der Waals surface area contributed by atoms with Crippen LogP contribution in [-0.2, 0) is 13.2 Å². The Balaban J connectivity index is 1.92. The number of hydrogen-bond donors (Lipinski definition) is 2. The second-order valence-corrected chi connectivity index (χ2v) is 4.70. The second kappa shape index (κ2) is 7.56. The maximum atomic E-state index is 9.00. The van der Waals surface area contributed by atoms with Crippen LogP contribution in [0.2, 0.25) is 0 Å². The molecule has 3 heteroatoms. The molecule has 0 atom stereocenters. The highest BCUT2D eigenvalue weighted by Crippen LogP contribution is 2.16. The highest BCUT2D eigenvalue weighted by molar-refractivity contribution is 5.45. The summed E-state index contributed by atoms with van der Waals surface area (Å²) in [5.74, 6) is 0.918. The van der Waals surface area contributed by atoms with E-state index in [4.69, 9.17) is 9.84 Å². The van der Waals surface area contributed by atoms with Gasteiger partial charge in [-0.15, -0.1) is 0 Å². The average molecular weight is 271 g/mol. The van der Waals surface area contributed by atoms with E-state index in [1.807, 2.05) is 36.4 Å². The van der Waals surface area contributed by atoms with Crippen molar-refractivity contribution >= 4 is 5.69 Å². The first-order valence-electron chi connectivity index (χ1n) is 6.97. The zero-order valence-electron chi connectivity index (χ0n) is 11.8. The van der Waals surface area contributed by atoms with Gasteiger partial charge in [-0.3, -0.25) is 0 Å². The Kier molecular flexibility index (Phi) is 5.44. The summed E-state index contributed by atoms with van der Waals surface area (Å²) >= 11 is 0. The van der Waals surface area contributed by atoms with Gasteiger partial charge in [0.25, 0.3) is 0 Å². The monoisotopic (exact) mass is 271 g/mol. The third-order valence-electron chi connectivity index (χ3n) is 3.00. The van der Waals surface area contributed by atoms with Gasteiger partial charge in [0.05, 0.1) is 13.2 Å². The molecule has 2 N–H and O–H groups in total. The van der Waals surface area contributed by atoms with Gasteiger partial charge in [-0.2, -0.15) is 0 Å². The highest BCUT2D eigenvalue weighted by atomic mass is 16.5. The van der Waals surface area contributed by atoms with Crippen molar-refractivity contribution in [2.75, 3.05) is 11.9 Å². The van der Waals surface area contributed by atoms with Gasteiger partial charge in [-0.25, -0.2) is 0 Å². The van der Waals surface area contributed by atoms with Crippen molar-refractivity contribution in [2.24, 2.45) is 0 Å². The predicted molar refractivity (Wildman–Crippen MR) is 81.9 cm³/mol. The van der Waals surface area contributed by atoms with Crippen LogP contribution in [0.4, 0.5) is 5.69 Å². The van der Waals surface area contributed by atoms with Gasteiger partial charge < -0.3 is 15.2 Å². The first kappa shape index (κ1) is 14.4. The zero-order chi connectivity index (χ0) is 14.2. The Labute approximate surface area is 120 Å². The number of aliphatic hydroxyl groups is 1. The molecular formula is C17H21NO2. The van der Waals surface area contributed by atoms with Crippen molar-refractivity contribution in [3.63, 3.8) is 0 Å². The summed E-state index contributed by atoms with van der Waals surface area (Å²) in [6.07, 6.45) is 1.01. The normalized spacial score (nSPS) is 10.3. The van der Waals surface area contributed by atoms with Crippen LogP contribution in [0.3, 0.4) is 0 Å². The Morgan fingerprint density at radius 3 is 2.55 bits per heavy atom. The van der Waals surface area contributed by atoms with Crippen molar-refractivity contribution in [1.29, 1.82) is 0 Å². The van der Waals surface area contributed by atoms with Crippen LogP contribution in [0.5, 0.6) is 5.75 Å². The molecule has 0 radical (unpaired) electrons. The number of aliphatic hydroxyl groups excluding tert-OH is 1. The summed E-state index contributed by atoms with van der Waals surface area (Å²) in [6.45, 7) is 3.68. The maximum absolute atomic E-state index is 9.00. The van der Waals surface area contributed by atoms with E-state index in [0.717, 1.165) is 36.6 Å². The van der Waals surface area contributed by atoms with E-state index in [0.29, 0.717) is 0 Å². The molecule has 0 saturated carbocycles. The molecule has 0 amide bonds. The molecule has 0 aliphatic rings. The molecule has 0 heterocycles. The topological polar surface area (TPSA) is 41.5 Å². The van der Waals surface area contributed by atoms with Crippen LogP contribution in [-0.4, -0.2) is 11.7 Å². The van der Waals surface area contributed by atoms with E-state index in [1.54, 1.807) is 0 Å². The fourth-order valence-electron chi connectivity index (χ4n) is 1.90. The molecule has 0 aliphatic heterocycles. The first-order valence-corrected chi connectivity index (χ1v) is 6.97. The van der Waals surface area contributed by atoms with Crippen LogP contribution in [0.25, 0.3) is 0 Å². The molecule has 20 heavy (non-hydrogen) atoms. The molecule has 2 aromatic rings. The lowest BCUT2D eigenvalue weighted by molar-refractivity contribution is 0.282. The molecule has 0 bridgehead atoms. The molecule has 0 fully saturated rings. The zero-order valence-corrected chi connectivity index (χ0v) is 11.8. The molecule has 106 valence electrons. The quantitative estimate of drug-likeness (QED) is 0.808. The fraction of sp³-hybridized carbons (Fsp3) is 0.294. The van der Waals surface area contributed by atoms with Crippen molar-refractivity contribution in [3.8, 4) is 5.75 Å². The van der Waals surface area contributed by atoms with Gasteiger partial charge in [0, 0.05) is 12.2 Å². The molecule has 0 spiro atoms. The predicted octanol–water partition coefficient (Wildman–Crippen LogP) is 3.58. The van der Waals surface area contributed by atoms with Gasteiger partial charge in [0.1, 0.15) is 5.75 Å². The van der Waals surface area contributed by atoms with Gasteiger partial charge in [0.2, 0.25) is 0 Å². The van der Waals surface area contributed by atoms with Gasteiger partial charge in [-0.1, -0.05) is 31.2 Å². The van der Waals surface area contributed by atoms with Crippen molar-refractivity contribution in [1.82, 2.24) is 0 Å². The summed E-state index contributed by atoms with van der Waals surface area (Å²) in [6, 6.07) is 15.9. The van der Waals surface area contributed by atoms with Crippen LogP contribution in [0, 0.1) is 0 Å². The van der Waals surface area contributed by atoms with Crippen molar-refractivity contribution in [3.05, 3.63) is 59.7 Å². The van der Waals surface area contributed by atoms with Crippen LogP contribution in [0.1, 0.15) is 24.5 Å². The SMILES string of the molecule is CCCOc1cccc(CNc2ccc(CO)cc2)c1. The first-order chi connectivity index (χ1) is 9.81. The number of nitrogens with one attached hydrogen (secondary N) is 1. The second-order valence-electron chi connectivity index (χ2n) is 4.70. The highest BCUT2D eigenvalue weighted by Gasteiger charge is 1.98. The van der Waals surface area contributed by atoms with Crippen LogP contribution >= 0.6 is 0 Å². The number of benzene rings is 2. The van der Waals surface area contributed by atoms with E-state index < -0.39 is 0 Å². The standard InChI is InChI=1S/C17H21NO2/c1-2-10-20-17-5-3-4-15(11-17)12-18-16-8-6-14(13-19)7-9-16/h3-9,11,18-19H,2,10,12-13H2,1H3. The third-order valence-corrected chi connectivity index (χ3v) is 3.00. The van der Waals surface area contributed by atoms with Crippen LogP contribution in [0.15, 0.2) is 48.5 Å². The van der Waals surface area contributed by atoms with E-state index in [9.17, 15) is 0 Å². The fourth-order valence-corrected chi connectivity index (χ4v) is 1.90. The molecule has 3 nitrogen and oxygen atoms in total. The largest absolute Gasteiger partial charge is 0.494 e. The molecule has 0 saturated heterocycles. The Hall–Kier alpha value is -2.00. The lowest BCUT2D eigenvalue weighted by atomic mass is 10.2. The third kappa shape index (κ3) is 4.28. The number of rotatable bonds is 7. The van der Waals surface area contributed by atoms with Gasteiger partial charge in [-0.05, 0) is 41.8 Å². The average Bonchev–Trinajstić information content (AvgIpc) is 2.52. The molecule has 0 unspecified atom stereocenters. The molecule has 2 aromatic carbocycles. The number of anilines is 1. The Morgan fingerprint density at radius 2 is 1.85 bits per heavy atom. The van der Waals surface area contributed by atoms with Crippen molar-refractivity contribution in [2.45, 2.75) is 26.5 Å². The lowest BCUT2D eigenvalue weighted by Gasteiger charge is -2.09. The minimum absolute atomic E-state index is 0.0804. The summed E-state index contributed by atoms with van der Waals surface area (Å²) in [7, 11) is 0. The Morgan fingerprint density at radius 1 is 1.05 bits per heavy atom. The smallest absolute Gasteiger partial charge is 0.119 e. The maximum Gasteiger partial charge on any atom is 0.119 e. The molecule has 2 rings (SSSR count). The van der Waals surface area contributed by atoms with E-state index in [2.05, 4.69) is 24.4 Å². The Bertz CT molecular complexity index is 523. The minimum atomic E-state index is 0.0804.